The number of alkyl halides is 3. The Balaban J connectivity index is 2.08. The van der Waals surface area contributed by atoms with Crippen LogP contribution in [0.25, 0.3) is 0 Å². The Morgan fingerprint density at radius 1 is 1.45 bits per heavy atom. The molecule has 0 aliphatic carbocycles. The molecular weight excluding hydrogens is 317 g/mol. The third-order valence-electron chi connectivity index (χ3n) is 3.13. The number of rotatable bonds is 3. The van der Waals surface area contributed by atoms with Crippen LogP contribution in [-0.2, 0) is 16.0 Å². The molecule has 2 rings (SSSR count). The number of hydrogen-bond acceptors (Lipinski definition) is 4. The first-order chi connectivity index (χ1) is 9.20. The van der Waals surface area contributed by atoms with Crippen molar-refractivity contribution in [1.29, 1.82) is 0 Å². The predicted molar refractivity (Wildman–Crippen MR) is 69.5 cm³/mol. The Bertz CT molecular complexity index is 604. The summed E-state index contributed by atoms with van der Waals surface area (Å²) >= 11 is 5.72. The molecule has 1 aliphatic rings. The maximum Gasteiger partial charge on any atom is 0.417 e. The molecule has 1 atom stereocenters. The molecule has 0 bridgehead atoms. The molecule has 1 N–H and O–H groups in total. The molecule has 1 unspecified atom stereocenters. The van der Waals surface area contributed by atoms with Gasteiger partial charge in [0, 0.05) is 12.7 Å². The first-order valence-corrected chi connectivity index (χ1v) is 7.97. The number of nitrogens with one attached hydrogen (secondary N) is 1. The zero-order valence-corrected chi connectivity index (χ0v) is 11.8. The molecule has 1 aromatic rings. The molecule has 20 heavy (non-hydrogen) atoms. The minimum atomic E-state index is -4.51. The second-order valence-electron chi connectivity index (χ2n) is 4.56. The van der Waals surface area contributed by atoms with Crippen LogP contribution in [0.4, 0.5) is 19.0 Å². The number of sulfone groups is 1. The second kappa shape index (κ2) is 5.40. The first-order valence-electron chi connectivity index (χ1n) is 5.88. The molecular formula is C11H12ClF3N2O2S. The van der Waals surface area contributed by atoms with E-state index in [4.69, 9.17) is 11.6 Å². The van der Waals surface area contributed by atoms with Gasteiger partial charge in [-0.3, -0.25) is 0 Å². The summed E-state index contributed by atoms with van der Waals surface area (Å²) in [5, 5.41) is 1.98. The minimum Gasteiger partial charge on any atom is -0.368 e. The highest BCUT2D eigenvalue weighted by Gasteiger charge is 2.33. The fourth-order valence-corrected chi connectivity index (χ4v) is 4.02. The van der Waals surface area contributed by atoms with Gasteiger partial charge in [0.05, 0.1) is 21.6 Å². The third kappa shape index (κ3) is 3.35. The summed E-state index contributed by atoms with van der Waals surface area (Å²) in [5.41, 5.74) is -0.943. The highest BCUT2D eigenvalue weighted by Crippen LogP contribution is 2.32. The van der Waals surface area contributed by atoms with Gasteiger partial charge in [0.25, 0.3) is 0 Å². The number of aromatic nitrogens is 1. The van der Waals surface area contributed by atoms with Gasteiger partial charge in [0.2, 0.25) is 0 Å². The smallest absolute Gasteiger partial charge is 0.368 e. The summed E-state index contributed by atoms with van der Waals surface area (Å²) in [5.74, 6) is 0.204. The van der Waals surface area contributed by atoms with E-state index in [2.05, 4.69) is 10.3 Å². The Morgan fingerprint density at radius 3 is 2.65 bits per heavy atom. The zero-order valence-electron chi connectivity index (χ0n) is 10.2. The minimum absolute atomic E-state index is 0.0572. The van der Waals surface area contributed by atoms with Crippen LogP contribution in [0.2, 0.25) is 5.02 Å². The predicted octanol–water partition coefficient (Wildman–Crippen LogP) is 2.74. The Kier molecular flexibility index (Phi) is 4.15. The van der Waals surface area contributed by atoms with Crippen LogP contribution in [0, 0.1) is 0 Å². The molecule has 112 valence electrons. The summed E-state index contributed by atoms with van der Waals surface area (Å²) in [6, 6.07) is 0.764. The SMILES string of the molecule is O=S1(=O)CCCC1CNc1ncc(C(F)(F)F)cc1Cl. The van der Waals surface area contributed by atoms with Crippen LogP contribution in [0.3, 0.4) is 0 Å². The largest absolute Gasteiger partial charge is 0.417 e. The monoisotopic (exact) mass is 328 g/mol. The second-order valence-corrected chi connectivity index (χ2v) is 7.37. The molecule has 0 amide bonds. The van der Waals surface area contributed by atoms with Crippen molar-refractivity contribution >= 4 is 27.3 Å². The van der Waals surface area contributed by atoms with Crippen LogP contribution < -0.4 is 5.32 Å². The van der Waals surface area contributed by atoms with E-state index in [-0.39, 0.29) is 23.1 Å². The Labute approximate surface area is 119 Å². The quantitative estimate of drug-likeness (QED) is 0.927. The van der Waals surface area contributed by atoms with Crippen molar-refractivity contribution in [2.24, 2.45) is 0 Å². The molecule has 2 heterocycles. The topological polar surface area (TPSA) is 59.1 Å². The van der Waals surface area contributed by atoms with Crippen LogP contribution in [0.15, 0.2) is 12.3 Å². The lowest BCUT2D eigenvalue weighted by Crippen LogP contribution is -2.25. The van der Waals surface area contributed by atoms with E-state index in [0.29, 0.717) is 19.0 Å². The molecule has 1 fully saturated rings. The summed E-state index contributed by atoms with van der Waals surface area (Å²) in [7, 11) is -3.11. The maximum atomic E-state index is 12.4. The molecule has 1 aromatic heterocycles. The van der Waals surface area contributed by atoms with Crippen LogP contribution in [0.5, 0.6) is 0 Å². The van der Waals surface area contributed by atoms with Crippen molar-refractivity contribution in [2.75, 3.05) is 17.6 Å². The van der Waals surface area contributed by atoms with Crippen molar-refractivity contribution in [3.63, 3.8) is 0 Å². The van der Waals surface area contributed by atoms with Crippen molar-refractivity contribution in [3.8, 4) is 0 Å². The molecule has 0 radical (unpaired) electrons. The summed E-state index contributed by atoms with van der Waals surface area (Å²) in [6.07, 6.45) is -2.71. The summed E-state index contributed by atoms with van der Waals surface area (Å²) < 4.78 is 60.5. The van der Waals surface area contributed by atoms with Gasteiger partial charge in [-0.05, 0) is 18.9 Å². The molecule has 9 heteroatoms. The molecule has 0 spiro atoms. The fraction of sp³-hybridized carbons (Fsp3) is 0.545. The van der Waals surface area contributed by atoms with E-state index >= 15 is 0 Å². The normalized spacial score (nSPS) is 21.9. The highest BCUT2D eigenvalue weighted by atomic mass is 35.5. The number of pyridine rings is 1. The van der Waals surface area contributed by atoms with E-state index in [9.17, 15) is 21.6 Å². The van der Waals surface area contributed by atoms with Gasteiger partial charge in [-0.25, -0.2) is 13.4 Å². The molecule has 0 aromatic carbocycles. The van der Waals surface area contributed by atoms with Crippen LogP contribution in [-0.4, -0.2) is 30.9 Å². The van der Waals surface area contributed by atoms with Crippen molar-refractivity contribution in [1.82, 2.24) is 4.98 Å². The van der Waals surface area contributed by atoms with Gasteiger partial charge in [-0.15, -0.1) is 0 Å². The number of nitrogens with zero attached hydrogens (tertiary/aromatic N) is 1. The third-order valence-corrected chi connectivity index (χ3v) is 5.69. The standard InChI is InChI=1S/C11H12ClF3N2O2S/c12-9-4-7(11(13,14)15)5-16-10(9)17-6-8-2-1-3-20(8,18)19/h4-5,8H,1-3,6H2,(H,16,17). The average molecular weight is 329 g/mol. The Hall–Kier alpha value is -1.02. The fourth-order valence-electron chi connectivity index (χ4n) is 2.02. The van der Waals surface area contributed by atoms with E-state index in [1.807, 2.05) is 0 Å². The highest BCUT2D eigenvalue weighted by molar-refractivity contribution is 7.92. The lowest BCUT2D eigenvalue weighted by atomic mass is 10.2. The van der Waals surface area contributed by atoms with Crippen LogP contribution in [0.1, 0.15) is 18.4 Å². The Morgan fingerprint density at radius 2 is 2.15 bits per heavy atom. The summed E-state index contributed by atoms with van der Waals surface area (Å²) in [6.45, 7) is 0.0976. The molecule has 0 saturated carbocycles. The average Bonchev–Trinajstić information content (AvgIpc) is 2.65. The zero-order chi connectivity index (χ0) is 15.0. The van der Waals surface area contributed by atoms with E-state index in [0.717, 1.165) is 6.07 Å². The van der Waals surface area contributed by atoms with Crippen LogP contribution >= 0.6 is 11.6 Å². The van der Waals surface area contributed by atoms with Gasteiger partial charge in [-0.1, -0.05) is 11.6 Å². The van der Waals surface area contributed by atoms with Crippen molar-refractivity contribution < 1.29 is 21.6 Å². The number of anilines is 1. The molecule has 1 saturated heterocycles. The van der Waals surface area contributed by atoms with E-state index in [1.54, 1.807) is 0 Å². The van der Waals surface area contributed by atoms with Crippen molar-refractivity contribution in [3.05, 3.63) is 22.8 Å². The van der Waals surface area contributed by atoms with Gasteiger partial charge in [0.1, 0.15) is 5.82 Å². The summed E-state index contributed by atoms with van der Waals surface area (Å²) in [4.78, 5) is 3.60. The molecule has 1 aliphatic heterocycles. The van der Waals surface area contributed by atoms with Gasteiger partial charge >= 0.3 is 6.18 Å². The lowest BCUT2D eigenvalue weighted by Gasteiger charge is -2.13. The van der Waals surface area contributed by atoms with Gasteiger partial charge in [0.15, 0.2) is 9.84 Å². The molecule has 4 nitrogen and oxygen atoms in total. The maximum absolute atomic E-state index is 12.4. The van der Waals surface area contributed by atoms with Crippen molar-refractivity contribution in [2.45, 2.75) is 24.3 Å². The number of halogens is 4. The van der Waals surface area contributed by atoms with Gasteiger partial charge < -0.3 is 5.32 Å². The first kappa shape index (κ1) is 15.4. The van der Waals surface area contributed by atoms with E-state index < -0.39 is 26.8 Å². The lowest BCUT2D eigenvalue weighted by molar-refractivity contribution is -0.137. The number of hydrogen-bond donors (Lipinski definition) is 1. The van der Waals surface area contributed by atoms with E-state index in [1.165, 1.54) is 0 Å². The van der Waals surface area contributed by atoms with Gasteiger partial charge in [-0.2, -0.15) is 13.2 Å².